The zero-order chi connectivity index (χ0) is 22.2. The quantitative estimate of drug-likeness (QED) is 0.403. The van der Waals surface area contributed by atoms with E-state index in [0.29, 0.717) is 36.9 Å². The van der Waals surface area contributed by atoms with Gasteiger partial charge in [0.1, 0.15) is 13.2 Å². The van der Waals surface area contributed by atoms with Crippen molar-refractivity contribution in [1.82, 2.24) is 30.2 Å². The van der Waals surface area contributed by atoms with Crippen LogP contribution in [-0.4, -0.2) is 45.2 Å². The number of carbonyl (C=O) groups is 1. The summed E-state index contributed by atoms with van der Waals surface area (Å²) in [4.78, 5) is 20.7. The molecule has 0 bridgehead atoms. The molecule has 1 aromatic carbocycles. The average molecular weight is 447 g/mol. The number of amides is 1. The maximum absolute atomic E-state index is 12.8. The Labute approximate surface area is 190 Å². The summed E-state index contributed by atoms with van der Waals surface area (Å²) in [5.74, 6) is 1.53. The van der Waals surface area contributed by atoms with Gasteiger partial charge in [-0.25, -0.2) is 9.50 Å². The molecule has 4 heterocycles. The Balaban J connectivity index is 1.12. The Morgan fingerprint density at radius 1 is 1.18 bits per heavy atom. The van der Waals surface area contributed by atoms with Crippen molar-refractivity contribution in [3.63, 3.8) is 0 Å². The van der Waals surface area contributed by atoms with E-state index in [-0.39, 0.29) is 11.6 Å². The molecule has 4 aromatic rings. The summed E-state index contributed by atoms with van der Waals surface area (Å²) in [6.45, 7) is 3.12. The normalized spacial score (nSPS) is 15.6. The van der Waals surface area contributed by atoms with E-state index < -0.39 is 0 Å². The van der Waals surface area contributed by atoms with E-state index in [9.17, 15) is 4.79 Å². The van der Waals surface area contributed by atoms with Gasteiger partial charge in [-0.1, -0.05) is 18.6 Å². The largest absolute Gasteiger partial charge is 0.486 e. The number of H-pyrrole nitrogens is 1. The first kappa shape index (κ1) is 20.0. The number of ether oxygens (including phenoxy) is 2. The molecular weight excluding hydrogens is 420 g/mol. The summed E-state index contributed by atoms with van der Waals surface area (Å²) < 4.78 is 12.8. The van der Waals surface area contributed by atoms with Gasteiger partial charge in [0.2, 0.25) is 5.88 Å². The highest BCUT2D eigenvalue weighted by molar-refractivity contribution is 5.93. The summed E-state index contributed by atoms with van der Waals surface area (Å²) >= 11 is 0. The van der Waals surface area contributed by atoms with Crippen molar-refractivity contribution >= 4 is 22.3 Å². The van der Waals surface area contributed by atoms with Crippen LogP contribution in [0.25, 0.3) is 16.4 Å². The summed E-state index contributed by atoms with van der Waals surface area (Å²) in [7, 11) is 0. The molecule has 0 atom stereocenters. The number of nitrogens with zero attached hydrogens (tertiary/aromatic N) is 3. The minimum atomic E-state index is -0.286. The second-order valence-electron chi connectivity index (χ2n) is 8.76. The van der Waals surface area contributed by atoms with E-state index in [2.05, 4.69) is 43.9 Å². The second-order valence-corrected chi connectivity index (χ2v) is 8.76. The monoisotopic (exact) mass is 446 g/mol. The molecule has 2 aliphatic rings. The van der Waals surface area contributed by atoms with Crippen molar-refractivity contribution in [3.8, 4) is 11.6 Å². The molecule has 3 N–H and O–H groups in total. The smallest absolute Gasteiger partial charge is 0.271 e. The van der Waals surface area contributed by atoms with Crippen LogP contribution in [0, 0.1) is 5.92 Å². The maximum Gasteiger partial charge on any atom is 0.271 e. The second kappa shape index (κ2) is 8.40. The fraction of sp³-hybridized carbons (Fsp3) is 0.375. The van der Waals surface area contributed by atoms with Crippen LogP contribution < -0.4 is 20.1 Å². The highest BCUT2D eigenvalue weighted by Crippen LogP contribution is 2.29. The minimum Gasteiger partial charge on any atom is -0.486 e. The van der Waals surface area contributed by atoms with Crippen molar-refractivity contribution in [2.45, 2.75) is 32.4 Å². The zero-order valence-electron chi connectivity index (χ0n) is 18.3. The number of aromatic amines is 1. The van der Waals surface area contributed by atoms with Gasteiger partial charge in [0.15, 0.2) is 17.0 Å². The van der Waals surface area contributed by atoms with Crippen LogP contribution in [-0.2, 0) is 13.1 Å². The zero-order valence-corrected chi connectivity index (χ0v) is 18.3. The first-order valence-corrected chi connectivity index (χ1v) is 11.5. The Morgan fingerprint density at radius 2 is 2.09 bits per heavy atom. The van der Waals surface area contributed by atoms with E-state index in [1.807, 2.05) is 6.07 Å². The molecular formula is C24H26N6O3. The minimum absolute atomic E-state index is 0.245. The molecule has 9 heteroatoms. The molecule has 170 valence electrons. The summed E-state index contributed by atoms with van der Waals surface area (Å²) in [6.07, 6.45) is 7.27. The molecule has 0 saturated heterocycles. The molecule has 1 fully saturated rings. The highest BCUT2D eigenvalue weighted by Gasteiger charge is 2.20. The lowest BCUT2D eigenvalue weighted by Crippen LogP contribution is -2.26. The van der Waals surface area contributed by atoms with Crippen LogP contribution in [0.2, 0.25) is 0 Å². The van der Waals surface area contributed by atoms with E-state index in [4.69, 9.17) is 9.47 Å². The number of carbonyl (C=O) groups excluding carboxylic acids is 1. The van der Waals surface area contributed by atoms with Crippen LogP contribution in [0.5, 0.6) is 11.6 Å². The topological polar surface area (TPSA) is 106 Å². The van der Waals surface area contributed by atoms with Crippen molar-refractivity contribution < 1.29 is 14.3 Å². The third-order valence-corrected chi connectivity index (χ3v) is 6.41. The molecule has 1 saturated carbocycles. The number of aromatic nitrogens is 4. The molecule has 3 aromatic heterocycles. The van der Waals surface area contributed by atoms with Crippen molar-refractivity contribution in [3.05, 3.63) is 53.6 Å². The van der Waals surface area contributed by atoms with Gasteiger partial charge in [0, 0.05) is 24.3 Å². The summed E-state index contributed by atoms with van der Waals surface area (Å²) in [5, 5.41) is 11.9. The van der Waals surface area contributed by atoms with Gasteiger partial charge in [-0.3, -0.25) is 4.79 Å². The lowest BCUT2D eigenvalue weighted by Gasteiger charge is -2.25. The van der Waals surface area contributed by atoms with Crippen LogP contribution in [0.15, 0.2) is 36.7 Å². The molecule has 33 heavy (non-hydrogen) atoms. The molecule has 1 amide bonds. The number of rotatable bonds is 7. The molecule has 1 aliphatic carbocycles. The maximum atomic E-state index is 12.8. The lowest BCUT2D eigenvalue weighted by atomic mass is 9.85. The Hall–Kier alpha value is -3.59. The van der Waals surface area contributed by atoms with Crippen LogP contribution >= 0.6 is 0 Å². The van der Waals surface area contributed by atoms with E-state index in [1.165, 1.54) is 30.3 Å². The number of fused-ring (bicyclic) bond motifs is 1. The third kappa shape index (κ3) is 4.00. The average Bonchev–Trinajstić information content (AvgIpc) is 3.33. The standard InChI is InChI=1S/C24H26N6O3/c31-23(20-14-30-22-21(13-27-30)32-6-7-33-24(22)29-20)26-11-16-4-5-17-9-18(28-19(17)8-16)12-25-10-15-2-1-3-15/h4-5,8-9,13-15,25,28H,1-3,6-7,10-12H2,(H,26,31). The summed E-state index contributed by atoms with van der Waals surface area (Å²) in [5.41, 5.74) is 4.14. The third-order valence-electron chi connectivity index (χ3n) is 6.41. The first-order chi connectivity index (χ1) is 16.2. The molecule has 0 spiro atoms. The van der Waals surface area contributed by atoms with Gasteiger partial charge >= 0.3 is 0 Å². The Morgan fingerprint density at radius 3 is 2.97 bits per heavy atom. The molecule has 0 radical (unpaired) electrons. The number of nitrogens with one attached hydrogen (secondary N) is 3. The highest BCUT2D eigenvalue weighted by atomic mass is 16.5. The number of benzene rings is 1. The molecule has 6 rings (SSSR count). The van der Waals surface area contributed by atoms with Crippen molar-refractivity contribution in [2.24, 2.45) is 5.92 Å². The SMILES string of the molecule is O=C(NCc1ccc2cc(CNCC3CCC3)[nH]c2c1)c1cn2ncc3c2c(n1)OCCO3. The van der Waals surface area contributed by atoms with E-state index in [0.717, 1.165) is 30.1 Å². The molecule has 1 aliphatic heterocycles. The fourth-order valence-corrected chi connectivity index (χ4v) is 4.38. The number of hydrogen-bond acceptors (Lipinski definition) is 6. The van der Waals surface area contributed by atoms with Gasteiger partial charge in [0.25, 0.3) is 5.91 Å². The number of hydrogen-bond donors (Lipinski definition) is 3. The summed E-state index contributed by atoms with van der Waals surface area (Å²) in [6, 6.07) is 8.38. The van der Waals surface area contributed by atoms with Crippen molar-refractivity contribution in [2.75, 3.05) is 19.8 Å². The predicted molar refractivity (Wildman–Crippen MR) is 122 cm³/mol. The first-order valence-electron chi connectivity index (χ1n) is 11.5. The van der Waals surface area contributed by atoms with E-state index in [1.54, 1.807) is 16.9 Å². The Kier molecular flexibility index (Phi) is 5.10. The van der Waals surface area contributed by atoms with Gasteiger partial charge < -0.3 is 25.1 Å². The fourth-order valence-electron chi connectivity index (χ4n) is 4.38. The van der Waals surface area contributed by atoms with Gasteiger partial charge in [-0.15, -0.1) is 0 Å². The van der Waals surface area contributed by atoms with Crippen LogP contribution in [0.4, 0.5) is 0 Å². The van der Waals surface area contributed by atoms with Crippen LogP contribution in [0.1, 0.15) is 41.0 Å². The molecule has 9 nitrogen and oxygen atoms in total. The van der Waals surface area contributed by atoms with Gasteiger partial charge in [-0.2, -0.15) is 5.10 Å². The lowest BCUT2D eigenvalue weighted by molar-refractivity contribution is 0.0944. The van der Waals surface area contributed by atoms with Gasteiger partial charge in [-0.05, 0) is 48.4 Å². The van der Waals surface area contributed by atoms with Crippen molar-refractivity contribution in [1.29, 1.82) is 0 Å². The predicted octanol–water partition coefficient (Wildman–Crippen LogP) is 2.80. The Bertz CT molecular complexity index is 1320. The van der Waals surface area contributed by atoms with Crippen LogP contribution in [0.3, 0.4) is 0 Å². The van der Waals surface area contributed by atoms with Gasteiger partial charge in [0.05, 0.1) is 12.4 Å². The van der Waals surface area contributed by atoms with E-state index >= 15 is 0 Å². The molecule has 0 unspecified atom stereocenters.